The lowest BCUT2D eigenvalue weighted by atomic mass is 9.81. The molecule has 1 unspecified atom stereocenters. The lowest BCUT2D eigenvalue weighted by Gasteiger charge is -2.45. The molecule has 0 heterocycles. The molecule has 0 aromatic heterocycles. The Hall–Kier alpha value is -2.49. The number of hydrogen-bond acceptors (Lipinski definition) is 2. The molecule has 3 aromatic carbocycles. The van der Waals surface area contributed by atoms with Gasteiger partial charge < -0.3 is 4.43 Å². The molecule has 162 valence electrons. The minimum atomic E-state index is -2.67. The van der Waals surface area contributed by atoms with Gasteiger partial charge in [0.25, 0.3) is 8.32 Å². The SMILES string of the molecule is CC(=O)C(C)(CO[Si](c1ccccc1)(c1ccccc1)C(C)(C)C)Cc1ccccc1. The van der Waals surface area contributed by atoms with Gasteiger partial charge in [-0.2, -0.15) is 0 Å². The summed E-state index contributed by atoms with van der Waals surface area (Å²) in [6.07, 6.45) is 0.668. The van der Waals surface area contributed by atoms with Crippen molar-refractivity contribution in [3.05, 3.63) is 96.6 Å². The van der Waals surface area contributed by atoms with Crippen LogP contribution in [0, 0.1) is 5.41 Å². The Morgan fingerprint density at radius 1 is 0.742 bits per heavy atom. The first kappa shape index (κ1) is 23.2. The van der Waals surface area contributed by atoms with Crippen LogP contribution in [0.4, 0.5) is 0 Å². The van der Waals surface area contributed by atoms with Crippen LogP contribution in [0.25, 0.3) is 0 Å². The van der Waals surface area contributed by atoms with Crippen LogP contribution < -0.4 is 10.4 Å². The number of benzene rings is 3. The zero-order valence-corrected chi connectivity index (χ0v) is 20.4. The molecule has 0 aliphatic rings. The number of carbonyl (C=O) groups excluding carboxylic acids is 1. The van der Waals surface area contributed by atoms with Gasteiger partial charge in [-0.25, -0.2) is 0 Å². The molecule has 2 nitrogen and oxygen atoms in total. The average molecular weight is 431 g/mol. The minimum absolute atomic E-state index is 0.111. The van der Waals surface area contributed by atoms with Crippen molar-refractivity contribution in [1.29, 1.82) is 0 Å². The summed E-state index contributed by atoms with van der Waals surface area (Å²) in [6, 6.07) is 31.4. The fourth-order valence-electron chi connectivity index (χ4n) is 4.35. The van der Waals surface area contributed by atoms with E-state index in [1.54, 1.807) is 6.92 Å². The fraction of sp³-hybridized carbons (Fsp3) is 0.321. The van der Waals surface area contributed by atoms with Gasteiger partial charge in [-0.3, -0.25) is 4.79 Å². The summed E-state index contributed by atoms with van der Waals surface area (Å²) < 4.78 is 7.08. The second kappa shape index (κ2) is 9.33. The van der Waals surface area contributed by atoms with Crippen molar-refractivity contribution in [2.45, 2.75) is 46.1 Å². The molecule has 0 N–H and O–H groups in total. The Bertz CT molecular complexity index is 938. The Labute approximate surface area is 188 Å². The van der Waals surface area contributed by atoms with Crippen LogP contribution in [0.2, 0.25) is 5.04 Å². The molecule has 31 heavy (non-hydrogen) atoms. The Morgan fingerprint density at radius 3 is 1.55 bits per heavy atom. The lowest BCUT2D eigenvalue weighted by Crippen LogP contribution is -2.67. The Kier molecular flexibility index (Phi) is 6.98. The maximum Gasteiger partial charge on any atom is 0.261 e. The first-order chi connectivity index (χ1) is 14.7. The molecule has 0 saturated heterocycles. The minimum Gasteiger partial charge on any atom is -0.406 e. The molecule has 0 radical (unpaired) electrons. The van der Waals surface area contributed by atoms with Crippen LogP contribution in [-0.2, 0) is 15.6 Å². The molecule has 0 aliphatic carbocycles. The van der Waals surface area contributed by atoms with Gasteiger partial charge in [-0.15, -0.1) is 0 Å². The predicted molar refractivity (Wildman–Crippen MR) is 133 cm³/mol. The quantitative estimate of drug-likeness (QED) is 0.447. The van der Waals surface area contributed by atoms with Crippen LogP contribution in [0.5, 0.6) is 0 Å². The zero-order chi connectivity index (χ0) is 22.5. The van der Waals surface area contributed by atoms with Crippen LogP contribution in [0.15, 0.2) is 91.0 Å². The average Bonchev–Trinajstić information content (AvgIpc) is 2.75. The highest BCUT2D eigenvalue weighted by Crippen LogP contribution is 2.38. The van der Waals surface area contributed by atoms with E-state index >= 15 is 0 Å². The number of hydrogen-bond donors (Lipinski definition) is 0. The van der Waals surface area contributed by atoms with E-state index < -0.39 is 13.7 Å². The number of carbonyl (C=O) groups is 1. The molecule has 0 fully saturated rings. The summed E-state index contributed by atoms with van der Waals surface area (Å²) in [6.45, 7) is 10.9. The van der Waals surface area contributed by atoms with Gasteiger partial charge in [0.05, 0.1) is 5.41 Å². The molecule has 3 heteroatoms. The van der Waals surface area contributed by atoms with E-state index in [1.165, 1.54) is 10.4 Å². The highest BCUT2D eigenvalue weighted by Gasteiger charge is 2.51. The third-order valence-electron chi connectivity index (χ3n) is 6.31. The van der Waals surface area contributed by atoms with Gasteiger partial charge in [-0.1, -0.05) is 119 Å². The summed E-state index contributed by atoms with van der Waals surface area (Å²) in [5.41, 5.74) is 0.570. The number of Topliss-reactive ketones (excluding diaryl/α,β-unsaturated/α-hetero) is 1. The van der Waals surface area contributed by atoms with Crippen molar-refractivity contribution in [3.63, 3.8) is 0 Å². The highest BCUT2D eigenvalue weighted by atomic mass is 28.4. The molecule has 0 amide bonds. The van der Waals surface area contributed by atoms with Crippen molar-refractivity contribution >= 4 is 24.5 Å². The summed E-state index contributed by atoms with van der Waals surface area (Å²) in [4.78, 5) is 12.8. The number of rotatable bonds is 8. The van der Waals surface area contributed by atoms with E-state index in [4.69, 9.17) is 4.43 Å². The first-order valence-corrected chi connectivity index (χ1v) is 12.9. The van der Waals surface area contributed by atoms with E-state index in [9.17, 15) is 4.79 Å². The van der Waals surface area contributed by atoms with Crippen LogP contribution in [-0.4, -0.2) is 20.7 Å². The van der Waals surface area contributed by atoms with Crippen LogP contribution in [0.1, 0.15) is 40.2 Å². The second-order valence-electron chi connectivity index (χ2n) is 9.73. The summed E-state index contributed by atoms with van der Waals surface area (Å²) in [5, 5.41) is 2.36. The number of ketones is 1. The standard InChI is InChI=1S/C28H34O2Si/c1-23(29)28(5,21-24-15-9-6-10-16-24)22-30-31(27(2,3)4,25-17-11-7-12-18-25)26-19-13-8-14-20-26/h6-20H,21-22H2,1-5H3. The van der Waals surface area contributed by atoms with Gasteiger partial charge in [0.15, 0.2) is 0 Å². The zero-order valence-electron chi connectivity index (χ0n) is 19.4. The summed E-state index contributed by atoms with van der Waals surface area (Å²) in [7, 11) is -2.67. The van der Waals surface area contributed by atoms with Crippen molar-refractivity contribution in [3.8, 4) is 0 Å². The Morgan fingerprint density at radius 2 is 1.16 bits per heavy atom. The molecule has 1 atom stereocenters. The van der Waals surface area contributed by atoms with E-state index in [1.807, 2.05) is 37.3 Å². The van der Waals surface area contributed by atoms with Gasteiger partial charge >= 0.3 is 0 Å². The molecular weight excluding hydrogens is 396 g/mol. The largest absolute Gasteiger partial charge is 0.406 e. The molecule has 0 saturated carbocycles. The first-order valence-electron chi connectivity index (χ1n) is 11.0. The molecule has 3 rings (SSSR count). The monoisotopic (exact) mass is 430 g/mol. The molecular formula is C28H34O2Si. The molecule has 0 bridgehead atoms. The van der Waals surface area contributed by atoms with Gasteiger partial charge in [0.2, 0.25) is 0 Å². The van der Waals surface area contributed by atoms with Gasteiger partial charge in [0, 0.05) is 6.61 Å². The predicted octanol–water partition coefficient (Wildman–Crippen LogP) is 5.40. The van der Waals surface area contributed by atoms with Crippen molar-refractivity contribution in [2.24, 2.45) is 5.41 Å². The van der Waals surface area contributed by atoms with E-state index in [0.717, 1.165) is 5.56 Å². The van der Waals surface area contributed by atoms with E-state index in [2.05, 4.69) is 81.4 Å². The van der Waals surface area contributed by atoms with Crippen LogP contribution >= 0.6 is 0 Å². The van der Waals surface area contributed by atoms with Crippen molar-refractivity contribution in [1.82, 2.24) is 0 Å². The second-order valence-corrected chi connectivity index (χ2v) is 14.0. The maximum atomic E-state index is 12.8. The summed E-state index contributed by atoms with van der Waals surface area (Å²) >= 11 is 0. The van der Waals surface area contributed by atoms with Gasteiger partial charge in [0.1, 0.15) is 5.78 Å². The fourth-order valence-corrected chi connectivity index (χ4v) is 9.04. The van der Waals surface area contributed by atoms with Crippen molar-refractivity contribution in [2.75, 3.05) is 6.61 Å². The summed E-state index contributed by atoms with van der Waals surface area (Å²) in [5.74, 6) is 0.161. The van der Waals surface area contributed by atoms with E-state index in [0.29, 0.717) is 13.0 Å². The van der Waals surface area contributed by atoms with Crippen molar-refractivity contribution < 1.29 is 9.22 Å². The van der Waals surface area contributed by atoms with Gasteiger partial charge in [-0.05, 0) is 34.3 Å². The van der Waals surface area contributed by atoms with E-state index in [-0.39, 0.29) is 10.8 Å². The third-order valence-corrected chi connectivity index (χ3v) is 11.3. The lowest BCUT2D eigenvalue weighted by molar-refractivity contribution is -0.127. The highest BCUT2D eigenvalue weighted by molar-refractivity contribution is 6.99. The normalized spacial score (nSPS) is 14.1. The van der Waals surface area contributed by atoms with Crippen LogP contribution in [0.3, 0.4) is 0 Å². The topological polar surface area (TPSA) is 26.3 Å². The maximum absolute atomic E-state index is 12.8. The molecule has 3 aromatic rings. The smallest absolute Gasteiger partial charge is 0.261 e. The molecule has 0 aliphatic heterocycles. The molecule has 0 spiro atoms. The Balaban J connectivity index is 2.07. The third kappa shape index (κ3) is 4.89.